The number of aromatic nitrogens is 3. The molecular weight excluding hydrogens is 244 g/mol. The van der Waals surface area contributed by atoms with E-state index in [0.29, 0.717) is 0 Å². The van der Waals surface area contributed by atoms with Crippen LogP contribution in [0.15, 0.2) is 24.4 Å². The summed E-state index contributed by atoms with van der Waals surface area (Å²) in [5, 5.41) is 5.47. The highest BCUT2D eigenvalue weighted by Gasteiger charge is 2.13. The molecule has 3 aromatic rings. The van der Waals surface area contributed by atoms with E-state index in [9.17, 15) is 0 Å². The Morgan fingerprint density at radius 1 is 1.39 bits per heavy atom. The Bertz CT molecular complexity index is 711. The van der Waals surface area contributed by atoms with Crippen molar-refractivity contribution in [3.63, 3.8) is 0 Å². The fourth-order valence-corrected chi connectivity index (χ4v) is 3.08. The molecule has 0 aliphatic rings. The number of aryl methyl sites for hydroxylation is 2. The lowest BCUT2D eigenvalue weighted by atomic mass is 10.2. The first-order valence-electron chi connectivity index (χ1n) is 5.86. The molecule has 0 saturated carbocycles. The van der Waals surface area contributed by atoms with Gasteiger partial charge in [0.15, 0.2) is 0 Å². The Balaban J connectivity index is 2.18. The normalized spacial score (nSPS) is 11.2. The van der Waals surface area contributed by atoms with Crippen LogP contribution < -0.4 is 5.73 Å². The number of nitrogens with two attached hydrogens (primary N) is 1. The van der Waals surface area contributed by atoms with E-state index in [2.05, 4.69) is 17.0 Å². The molecule has 0 radical (unpaired) electrons. The quantitative estimate of drug-likeness (QED) is 0.719. The average Bonchev–Trinajstić information content (AvgIpc) is 2.91. The molecule has 4 nitrogen and oxygen atoms in total. The molecule has 1 aromatic carbocycles. The maximum Gasteiger partial charge on any atom is 0.128 e. The lowest BCUT2D eigenvalue weighted by Gasteiger charge is -1.92. The SMILES string of the molecule is CCc1nn(C)cc1-c1nc2ccc(N)cc2s1. The Morgan fingerprint density at radius 3 is 3.00 bits per heavy atom. The highest BCUT2D eigenvalue weighted by Crippen LogP contribution is 2.32. The largest absolute Gasteiger partial charge is 0.399 e. The van der Waals surface area contributed by atoms with E-state index in [1.807, 2.05) is 36.1 Å². The van der Waals surface area contributed by atoms with Crippen LogP contribution in [0, 0.1) is 0 Å². The van der Waals surface area contributed by atoms with Crippen LogP contribution >= 0.6 is 11.3 Å². The van der Waals surface area contributed by atoms with E-state index in [0.717, 1.165) is 38.6 Å². The first-order chi connectivity index (χ1) is 8.67. The number of hydrogen-bond acceptors (Lipinski definition) is 4. The van der Waals surface area contributed by atoms with Crippen LogP contribution in [-0.2, 0) is 13.5 Å². The van der Waals surface area contributed by atoms with Crippen LogP contribution in [0.2, 0.25) is 0 Å². The van der Waals surface area contributed by atoms with E-state index >= 15 is 0 Å². The van der Waals surface area contributed by atoms with Crippen LogP contribution in [0.25, 0.3) is 20.8 Å². The topological polar surface area (TPSA) is 56.7 Å². The number of rotatable bonds is 2. The second kappa shape index (κ2) is 4.10. The van der Waals surface area contributed by atoms with E-state index in [4.69, 9.17) is 5.73 Å². The summed E-state index contributed by atoms with van der Waals surface area (Å²) in [5.74, 6) is 0. The molecule has 0 saturated heterocycles. The molecule has 5 heteroatoms. The third-order valence-electron chi connectivity index (χ3n) is 2.88. The van der Waals surface area contributed by atoms with Gasteiger partial charge in [-0.15, -0.1) is 11.3 Å². The van der Waals surface area contributed by atoms with Crippen LogP contribution in [0.5, 0.6) is 0 Å². The van der Waals surface area contributed by atoms with E-state index < -0.39 is 0 Å². The molecule has 0 spiro atoms. The fraction of sp³-hybridized carbons (Fsp3) is 0.231. The predicted octanol–water partition coefficient (Wildman–Crippen LogP) is 2.84. The zero-order chi connectivity index (χ0) is 12.7. The summed E-state index contributed by atoms with van der Waals surface area (Å²) >= 11 is 1.66. The molecule has 0 fully saturated rings. The summed E-state index contributed by atoms with van der Waals surface area (Å²) in [7, 11) is 1.94. The van der Waals surface area contributed by atoms with Crippen molar-refractivity contribution in [2.45, 2.75) is 13.3 Å². The van der Waals surface area contributed by atoms with Crippen molar-refractivity contribution in [3.05, 3.63) is 30.1 Å². The van der Waals surface area contributed by atoms with Crippen molar-refractivity contribution < 1.29 is 0 Å². The fourth-order valence-electron chi connectivity index (χ4n) is 2.03. The number of hydrogen-bond donors (Lipinski definition) is 1. The van der Waals surface area contributed by atoms with Crippen molar-refractivity contribution in [2.75, 3.05) is 5.73 Å². The number of fused-ring (bicyclic) bond motifs is 1. The summed E-state index contributed by atoms with van der Waals surface area (Å²) in [6.07, 6.45) is 2.94. The van der Waals surface area contributed by atoms with Gasteiger partial charge in [-0.3, -0.25) is 4.68 Å². The summed E-state index contributed by atoms with van der Waals surface area (Å²) in [6, 6.07) is 5.82. The van der Waals surface area contributed by atoms with Gasteiger partial charge in [-0.25, -0.2) is 4.98 Å². The minimum atomic E-state index is 0.777. The second-order valence-electron chi connectivity index (χ2n) is 4.26. The molecular formula is C13H14N4S. The van der Waals surface area contributed by atoms with Gasteiger partial charge in [-0.05, 0) is 24.6 Å². The molecule has 2 heterocycles. The van der Waals surface area contributed by atoms with Crippen LogP contribution in [-0.4, -0.2) is 14.8 Å². The number of benzene rings is 1. The smallest absolute Gasteiger partial charge is 0.128 e. The van der Waals surface area contributed by atoms with Gasteiger partial charge in [0.05, 0.1) is 21.5 Å². The maximum absolute atomic E-state index is 5.79. The summed E-state index contributed by atoms with van der Waals surface area (Å²) in [5.41, 5.74) is 9.78. The number of thiazole rings is 1. The first-order valence-corrected chi connectivity index (χ1v) is 6.68. The third kappa shape index (κ3) is 1.76. The lowest BCUT2D eigenvalue weighted by Crippen LogP contribution is -1.89. The molecule has 92 valence electrons. The number of nitrogen functional groups attached to an aromatic ring is 1. The molecule has 3 rings (SSSR count). The lowest BCUT2D eigenvalue weighted by molar-refractivity contribution is 0.746. The molecule has 0 bridgehead atoms. The predicted molar refractivity (Wildman–Crippen MR) is 75.6 cm³/mol. The van der Waals surface area contributed by atoms with Gasteiger partial charge in [-0.1, -0.05) is 6.92 Å². The summed E-state index contributed by atoms with van der Waals surface area (Å²) in [6.45, 7) is 2.11. The first kappa shape index (κ1) is 11.2. The maximum atomic E-state index is 5.79. The van der Waals surface area contributed by atoms with Crippen LogP contribution in [0.4, 0.5) is 5.69 Å². The molecule has 2 N–H and O–H groups in total. The summed E-state index contributed by atoms with van der Waals surface area (Å²) in [4.78, 5) is 4.66. The zero-order valence-corrected chi connectivity index (χ0v) is 11.2. The molecule has 0 amide bonds. The van der Waals surface area contributed by atoms with Crippen molar-refractivity contribution in [1.29, 1.82) is 0 Å². The van der Waals surface area contributed by atoms with Gasteiger partial charge in [0.1, 0.15) is 5.01 Å². The van der Waals surface area contributed by atoms with Gasteiger partial charge in [0, 0.05) is 18.9 Å². The second-order valence-corrected chi connectivity index (χ2v) is 5.29. The third-order valence-corrected chi connectivity index (χ3v) is 3.93. The van der Waals surface area contributed by atoms with E-state index in [1.165, 1.54) is 0 Å². The molecule has 0 aliphatic heterocycles. The minimum absolute atomic E-state index is 0.777. The van der Waals surface area contributed by atoms with E-state index in [1.54, 1.807) is 11.3 Å². The molecule has 0 unspecified atom stereocenters. The van der Waals surface area contributed by atoms with Crippen molar-refractivity contribution in [2.24, 2.45) is 7.05 Å². The molecule has 18 heavy (non-hydrogen) atoms. The highest BCUT2D eigenvalue weighted by molar-refractivity contribution is 7.21. The van der Waals surface area contributed by atoms with Gasteiger partial charge in [0.2, 0.25) is 0 Å². The zero-order valence-electron chi connectivity index (χ0n) is 10.3. The molecule has 0 aliphatic carbocycles. The van der Waals surface area contributed by atoms with Crippen molar-refractivity contribution in [1.82, 2.24) is 14.8 Å². The Labute approximate surface area is 109 Å². The van der Waals surface area contributed by atoms with Crippen molar-refractivity contribution in [3.8, 4) is 10.6 Å². The van der Waals surface area contributed by atoms with E-state index in [-0.39, 0.29) is 0 Å². The van der Waals surface area contributed by atoms with Gasteiger partial charge < -0.3 is 5.73 Å². The monoisotopic (exact) mass is 258 g/mol. The highest BCUT2D eigenvalue weighted by atomic mass is 32.1. The van der Waals surface area contributed by atoms with Crippen LogP contribution in [0.3, 0.4) is 0 Å². The molecule has 2 aromatic heterocycles. The minimum Gasteiger partial charge on any atom is -0.399 e. The Hall–Kier alpha value is -1.88. The average molecular weight is 258 g/mol. The number of anilines is 1. The molecule has 0 atom stereocenters. The Morgan fingerprint density at radius 2 is 2.22 bits per heavy atom. The standard InChI is InChI=1S/C13H14N4S/c1-3-10-9(7-17(2)16-10)13-15-11-5-4-8(14)6-12(11)18-13/h4-7H,3,14H2,1-2H3. The number of nitrogens with zero attached hydrogens (tertiary/aromatic N) is 3. The van der Waals surface area contributed by atoms with Gasteiger partial charge >= 0.3 is 0 Å². The van der Waals surface area contributed by atoms with Gasteiger partial charge in [0.25, 0.3) is 0 Å². The van der Waals surface area contributed by atoms with Crippen molar-refractivity contribution >= 4 is 27.2 Å². The van der Waals surface area contributed by atoms with Gasteiger partial charge in [-0.2, -0.15) is 5.10 Å². The summed E-state index contributed by atoms with van der Waals surface area (Å²) < 4.78 is 2.96. The van der Waals surface area contributed by atoms with Crippen LogP contribution in [0.1, 0.15) is 12.6 Å². The Kier molecular flexibility index (Phi) is 2.56.